The van der Waals surface area contributed by atoms with Crippen LogP contribution in [-0.2, 0) is 13.1 Å². The third kappa shape index (κ3) is 3.64. The van der Waals surface area contributed by atoms with Crippen LogP contribution in [0.5, 0.6) is 0 Å². The molecule has 0 radical (unpaired) electrons. The Hall–Kier alpha value is -3.48. The zero-order chi connectivity index (χ0) is 19.5. The van der Waals surface area contributed by atoms with E-state index in [9.17, 15) is 14.0 Å². The Morgan fingerprint density at radius 3 is 2.89 bits per heavy atom. The molecule has 7 heteroatoms. The number of rotatable bonds is 5. The van der Waals surface area contributed by atoms with E-state index in [-0.39, 0.29) is 30.0 Å². The number of nitrogens with zero attached hydrogens (tertiary/aromatic N) is 3. The van der Waals surface area contributed by atoms with E-state index in [2.05, 4.69) is 10.3 Å². The summed E-state index contributed by atoms with van der Waals surface area (Å²) in [7, 11) is 0. The lowest BCUT2D eigenvalue weighted by molar-refractivity contribution is 0.0563. The molecule has 4 rings (SSSR count). The number of hydrogen-bond acceptors (Lipinski definition) is 3. The fourth-order valence-corrected chi connectivity index (χ4v) is 3.41. The van der Waals surface area contributed by atoms with Gasteiger partial charge in [-0.15, -0.1) is 0 Å². The number of halogens is 1. The van der Waals surface area contributed by atoms with Crippen LogP contribution < -0.4 is 5.32 Å². The number of benzene rings is 1. The summed E-state index contributed by atoms with van der Waals surface area (Å²) in [5, 5.41) is 2.83. The molecule has 0 spiro atoms. The van der Waals surface area contributed by atoms with Gasteiger partial charge in [0, 0.05) is 43.8 Å². The second-order valence-electron chi connectivity index (χ2n) is 6.71. The maximum Gasteiger partial charge on any atom is 0.271 e. The molecule has 0 bridgehead atoms. The third-order valence-electron chi connectivity index (χ3n) is 4.82. The second-order valence-corrected chi connectivity index (χ2v) is 6.71. The van der Waals surface area contributed by atoms with Crippen molar-refractivity contribution >= 4 is 11.8 Å². The summed E-state index contributed by atoms with van der Waals surface area (Å²) in [5.74, 6) is -0.924. The molecule has 1 aromatic carbocycles. The van der Waals surface area contributed by atoms with Crippen LogP contribution in [0.1, 0.15) is 26.4 Å². The van der Waals surface area contributed by atoms with Crippen molar-refractivity contribution in [2.24, 2.45) is 0 Å². The van der Waals surface area contributed by atoms with Gasteiger partial charge >= 0.3 is 0 Å². The number of aromatic nitrogens is 2. The molecule has 0 aliphatic carbocycles. The van der Waals surface area contributed by atoms with Gasteiger partial charge in [-0.3, -0.25) is 14.6 Å². The summed E-state index contributed by atoms with van der Waals surface area (Å²) in [4.78, 5) is 31.2. The van der Waals surface area contributed by atoms with E-state index >= 15 is 0 Å². The van der Waals surface area contributed by atoms with Crippen molar-refractivity contribution in [2.75, 3.05) is 6.54 Å². The van der Waals surface area contributed by atoms with Crippen molar-refractivity contribution < 1.29 is 14.0 Å². The molecule has 0 saturated carbocycles. The largest absolute Gasteiger partial charge is 0.350 e. The van der Waals surface area contributed by atoms with Crippen molar-refractivity contribution in [1.82, 2.24) is 19.8 Å². The van der Waals surface area contributed by atoms with Crippen LogP contribution >= 0.6 is 0 Å². The highest BCUT2D eigenvalue weighted by molar-refractivity contribution is 5.95. The highest BCUT2D eigenvalue weighted by Crippen LogP contribution is 2.20. The van der Waals surface area contributed by atoms with Gasteiger partial charge in [0.05, 0.1) is 6.04 Å². The monoisotopic (exact) mass is 378 g/mol. The summed E-state index contributed by atoms with van der Waals surface area (Å²) in [6.07, 6.45) is 5.27. The Morgan fingerprint density at radius 1 is 1.21 bits per heavy atom. The maximum atomic E-state index is 13.4. The van der Waals surface area contributed by atoms with E-state index < -0.39 is 5.82 Å². The molecule has 1 atom stereocenters. The molecule has 2 amide bonds. The fraction of sp³-hybridized carbons (Fsp3) is 0.190. The SMILES string of the molecule is O=C(NCC1Cn2cccc2C(=O)N1Cc1cccnc1)c1cccc(F)c1. The predicted molar refractivity (Wildman–Crippen MR) is 101 cm³/mol. The van der Waals surface area contributed by atoms with Crippen molar-refractivity contribution in [3.8, 4) is 0 Å². The minimum atomic E-state index is -0.462. The molecule has 2 aromatic heterocycles. The minimum absolute atomic E-state index is 0.0925. The quantitative estimate of drug-likeness (QED) is 0.742. The summed E-state index contributed by atoms with van der Waals surface area (Å²) >= 11 is 0. The Bertz CT molecular complexity index is 1000. The zero-order valence-corrected chi connectivity index (χ0v) is 15.1. The average molecular weight is 378 g/mol. The lowest BCUT2D eigenvalue weighted by Crippen LogP contribution is -2.52. The first-order valence-electron chi connectivity index (χ1n) is 9.00. The lowest BCUT2D eigenvalue weighted by atomic mass is 10.1. The normalized spacial score (nSPS) is 16.0. The van der Waals surface area contributed by atoms with Crippen LogP contribution in [0.15, 0.2) is 67.1 Å². The number of fused-ring (bicyclic) bond motifs is 1. The van der Waals surface area contributed by atoms with Crippen molar-refractivity contribution in [3.05, 3.63) is 89.8 Å². The van der Waals surface area contributed by atoms with Gasteiger partial charge in [0.1, 0.15) is 11.5 Å². The highest BCUT2D eigenvalue weighted by atomic mass is 19.1. The summed E-state index contributed by atoms with van der Waals surface area (Å²) in [5.41, 5.74) is 1.79. The van der Waals surface area contributed by atoms with E-state index in [1.807, 2.05) is 29.0 Å². The van der Waals surface area contributed by atoms with Crippen LogP contribution in [0.25, 0.3) is 0 Å². The van der Waals surface area contributed by atoms with Crippen molar-refractivity contribution in [3.63, 3.8) is 0 Å². The predicted octanol–water partition coefficient (Wildman–Crippen LogP) is 2.48. The first-order chi connectivity index (χ1) is 13.6. The van der Waals surface area contributed by atoms with E-state index in [1.165, 1.54) is 18.2 Å². The molecular formula is C21H19FN4O2. The van der Waals surface area contributed by atoms with Gasteiger partial charge in [-0.2, -0.15) is 0 Å². The molecule has 0 saturated heterocycles. The van der Waals surface area contributed by atoms with Crippen LogP contribution in [0.2, 0.25) is 0 Å². The Morgan fingerprint density at radius 2 is 2.11 bits per heavy atom. The van der Waals surface area contributed by atoms with Gasteiger partial charge in [-0.25, -0.2) is 4.39 Å². The number of pyridine rings is 1. The highest BCUT2D eigenvalue weighted by Gasteiger charge is 2.32. The number of carbonyl (C=O) groups is 2. The molecular weight excluding hydrogens is 359 g/mol. The Kier molecular flexibility index (Phi) is 4.89. The topological polar surface area (TPSA) is 67.2 Å². The van der Waals surface area contributed by atoms with Crippen molar-refractivity contribution in [2.45, 2.75) is 19.1 Å². The molecule has 3 heterocycles. The molecule has 142 valence electrons. The van der Waals surface area contributed by atoms with Gasteiger partial charge in [0.15, 0.2) is 0 Å². The van der Waals surface area contributed by atoms with Crippen LogP contribution in [0.4, 0.5) is 4.39 Å². The molecule has 28 heavy (non-hydrogen) atoms. The lowest BCUT2D eigenvalue weighted by Gasteiger charge is -2.36. The number of amides is 2. The molecule has 0 fully saturated rings. The number of carbonyl (C=O) groups excluding carboxylic acids is 2. The van der Waals surface area contributed by atoms with Crippen molar-refractivity contribution in [1.29, 1.82) is 0 Å². The zero-order valence-electron chi connectivity index (χ0n) is 15.1. The van der Waals surface area contributed by atoms with Crippen LogP contribution in [-0.4, -0.2) is 38.9 Å². The van der Waals surface area contributed by atoms with Gasteiger partial charge in [-0.1, -0.05) is 12.1 Å². The Labute approximate surface area is 161 Å². The van der Waals surface area contributed by atoms with E-state index in [0.717, 1.165) is 5.56 Å². The molecule has 6 nitrogen and oxygen atoms in total. The molecule has 1 aliphatic rings. The molecule has 1 aliphatic heterocycles. The van der Waals surface area contributed by atoms with Gasteiger partial charge in [0.25, 0.3) is 11.8 Å². The van der Waals surface area contributed by atoms with Gasteiger partial charge < -0.3 is 14.8 Å². The van der Waals surface area contributed by atoms with E-state index in [1.54, 1.807) is 29.4 Å². The summed E-state index contributed by atoms with van der Waals surface area (Å²) in [6, 6.07) is 12.7. The molecule has 3 aromatic rings. The number of hydrogen-bond donors (Lipinski definition) is 1. The van der Waals surface area contributed by atoms with E-state index in [4.69, 9.17) is 0 Å². The van der Waals surface area contributed by atoms with E-state index in [0.29, 0.717) is 18.8 Å². The average Bonchev–Trinajstić information content (AvgIpc) is 3.18. The minimum Gasteiger partial charge on any atom is -0.350 e. The summed E-state index contributed by atoms with van der Waals surface area (Å²) in [6.45, 7) is 1.23. The van der Waals surface area contributed by atoms with Crippen LogP contribution in [0, 0.1) is 5.82 Å². The maximum absolute atomic E-state index is 13.4. The van der Waals surface area contributed by atoms with Crippen LogP contribution in [0.3, 0.4) is 0 Å². The third-order valence-corrected chi connectivity index (χ3v) is 4.82. The summed E-state index contributed by atoms with van der Waals surface area (Å²) < 4.78 is 15.3. The van der Waals surface area contributed by atoms with Gasteiger partial charge in [0.2, 0.25) is 0 Å². The molecule has 1 N–H and O–H groups in total. The smallest absolute Gasteiger partial charge is 0.271 e. The van der Waals surface area contributed by atoms with Gasteiger partial charge in [-0.05, 0) is 42.0 Å². The first-order valence-corrected chi connectivity index (χ1v) is 9.00. The fourth-order valence-electron chi connectivity index (χ4n) is 3.41. The number of nitrogens with one attached hydrogen (secondary N) is 1. The standard InChI is InChI=1S/C21H19FN4O2/c22-17-6-1-5-16(10-17)20(27)24-12-18-14-25-9-3-7-19(25)21(28)26(18)13-15-4-2-8-23-11-15/h1-11,18H,12-14H2,(H,24,27). The first kappa shape index (κ1) is 17.9. The second kappa shape index (κ2) is 7.64. The Balaban J connectivity index is 1.52. The molecule has 1 unspecified atom stereocenters.